The van der Waals surface area contributed by atoms with Gasteiger partial charge in [0, 0.05) is 41.7 Å². The van der Waals surface area contributed by atoms with Gasteiger partial charge in [0.05, 0.1) is 20.3 Å². The van der Waals surface area contributed by atoms with E-state index in [9.17, 15) is 14.4 Å². The largest absolute Gasteiger partial charge is 0.497 e. The summed E-state index contributed by atoms with van der Waals surface area (Å²) < 4.78 is 10.3. The number of esters is 1. The summed E-state index contributed by atoms with van der Waals surface area (Å²) in [7, 11) is 1.53. The molecule has 0 spiro atoms. The molecule has 2 heterocycles. The van der Waals surface area contributed by atoms with E-state index in [1.165, 1.54) is 12.0 Å². The lowest BCUT2D eigenvalue weighted by Gasteiger charge is -2.22. The summed E-state index contributed by atoms with van der Waals surface area (Å²) >= 11 is 0. The normalized spacial score (nSPS) is 10.6. The number of carbonyl (C=O) groups is 3. The number of benzene rings is 1. The minimum absolute atomic E-state index is 0.148. The fraction of sp³-hybridized carbons (Fsp3) is 0.308. The molecule has 0 radical (unpaired) electrons. The number of aromatic amines is 1. The molecule has 0 bridgehead atoms. The summed E-state index contributed by atoms with van der Waals surface area (Å²) in [6, 6.07) is 12.4. The molecule has 0 aliphatic rings. The second-order valence-electron chi connectivity index (χ2n) is 7.80. The van der Waals surface area contributed by atoms with E-state index in [1.807, 2.05) is 18.2 Å². The number of nitrogens with one attached hydrogen (secondary N) is 1. The van der Waals surface area contributed by atoms with Gasteiger partial charge in [-0.25, -0.2) is 4.79 Å². The van der Waals surface area contributed by atoms with Crippen molar-refractivity contribution in [3.05, 3.63) is 82.4 Å². The molecular weight excluding hydrogens is 434 g/mol. The zero-order valence-electron chi connectivity index (χ0n) is 19.9. The highest BCUT2D eigenvalue weighted by molar-refractivity contribution is 6.05. The second-order valence-corrected chi connectivity index (χ2v) is 7.80. The maximum atomic E-state index is 13.4. The van der Waals surface area contributed by atoms with Crippen LogP contribution in [0.1, 0.15) is 55.1 Å². The van der Waals surface area contributed by atoms with Gasteiger partial charge in [-0.1, -0.05) is 12.1 Å². The quantitative estimate of drug-likeness (QED) is 0.363. The molecule has 0 fully saturated rings. The lowest BCUT2D eigenvalue weighted by molar-refractivity contribution is 0.0519. The number of hydrogen-bond donors (Lipinski definition) is 1. The fourth-order valence-electron chi connectivity index (χ4n) is 3.81. The van der Waals surface area contributed by atoms with E-state index in [0.29, 0.717) is 41.1 Å². The average molecular weight is 464 g/mol. The molecule has 0 atom stereocenters. The van der Waals surface area contributed by atoms with Gasteiger partial charge >= 0.3 is 5.97 Å². The third-order valence-corrected chi connectivity index (χ3v) is 5.50. The van der Waals surface area contributed by atoms with Crippen molar-refractivity contribution < 1.29 is 23.9 Å². The van der Waals surface area contributed by atoms with Crippen LogP contribution in [0.3, 0.4) is 0 Å². The molecule has 0 saturated heterocycles. The second kappa shape index (κ2) is 11.3. The van der Waals surface area contributed by atoms with Crippen molar-refractivity contribution >= 4 is 17.7 Å². The molecule has 1 N–H and O–H groups in total. The lowest BCUT2D eigenvalue weighted by Crippen LogP contribution is -2.37. The van der Waals surface area contributed by atoms with Crippen molar-refractivity contribution in [2.45, 2.75) is 27.2 Å². The average Bonchev–Trinajstić information content (AvgIpc) is 3.15. The van der Waals surface area contributed by atoms with Crippen LogP contribution in [0.4, 0.5) is 0 Å². The zero-order chi connectivity index (χ0) is 24.7. The number of amides is 1. The Kier molecular flexibility index (Phi) is 8.19. The van der Waals surface area contributed by atoms with Gasteiger partial charge in [0.1, 0.15) is 11.4 Å². The SMILES string of the molecule is CCOC(=O)c1[nH]c(C)c(C(=O)CN(CCc2ccccn2)C(=O)c2cccc(OC)c2)c1C. The molecule has 8 heteroatoms. The number of carbonyl (C=O) groups excluding carboxylic acids is 3. The van der Waals surface area contributed by atoms with Crippen molar-refractivity contribution in [1.82, 2.24) is 14.9 Å². The first kappa shape index (κ1) is 24.7. The maximum absolute atomic E-state index is 13.4. The Labute approximate surface area is 198 Å². The highest BCUT2D eigenvalue weighted by atomic mass is 16.5. The topological polar surface area (TPSA) is 102 Å². The number of methoxy groups -OCH3 is 1. The Bertz CT molecular complexity index is 1170. The van der Waals surface area contributed by atoms with Crippen molar-refractivity contribution in [2.75, 3.05) is 26.8 Å². The number of H-pyrrole nitrogens is 1. The third kappa shape index (κ3) is 5.70. The number of rotatable bonds is 10. The Balaban J connectivity index is 1.88. The number of aromatic nitrogens is 2. The van der Waals surface area contributed by atoms with Gasteiger partial charge in [0.2, 0.25) is 0 Å². The Morgan fingerprint density at radius 1 is 1.09 bits per heavy atom. The number of nitrogens with zero attached hydrogens (tertiary/aromatic N) is 2. The van der Waals surface area contributed by atoms with Gasteiger partial charge in [-0.3, -0.25) is 14.6 Å². The number of pyridine rings is 1. The molecular formula is C26H29N3O5. The van der Waals surface area contributed by atoms with Crippen LogP contribution in [0.25, 0.3) is 0 Å². The van der Waals surface area contributed by atoms with Gasteiger partial charge < -0.3 is 19.4 Å². The summed E-state index contributed by atoms with van der Waals surface area (Å²) in [6.07, 6.45) is 2.18. The molecule has 34 heavy (non-hydrogen) atoms. The van der Waals surface area contributed by atoms with Gasteiger partial charge in [0.15, 0.2) is 5.78 Å². The number of Topliss-reactive ketones (excluding diaryl/α,β-unsaturated/α-hetero) is 1. The number of ether oxygens (including phenoxy) is 2. The summed E-state index contributed by atoms with van der Waals surface area (Å²) in [6.45, 7) is 5.53. The molecule has 178 valence electrons. The van der Waals surface area contributed by atoms with Crippen LogP contribution in [0.15, 0.2) is 48.7 Å². The molecule has 3 rings (SSSR count). The van der Waals surface area contributed by atoms with Crippen LogP contribution in [-0.4, -0.2) is 59.3 Å². The Morgan fingerprint density at radius 2 is 1.88 bits per heavy atom. The number of ketones is 1. The van der Waals surface area contributed by atoms with E-state index >= 15 is 0 Å². The van der Waals surface area contributed by atoms with Crippen LogP contribution < -0.4 is 4.74 Å². The fourth-order valence-corrected chi connectivity index (χ4v) is 3.81. The maximum Gasteiger partial charge on any atom is 0.355 e. The van der Waals surface area contributed by atoms with E-state index in [2.05, 4.69) is 9.97 Å². The Hall–Kier alpha value is -3.94. The minimum atomic E-state index is -0.512. The van der Waals surface area contributed by atoms with Crippen LogP contribution >= 0.6 is 0 Å². The monoisotopic (exact) mass is 463 g/mol. The summed E-state index contributed by atoms with van der Waals surface area (Å²) in [5.74, 6) is -0.515. The summed E-state index contributed by atoms with van der Waals surface area (Å²) in [4.78, 5) is 47.8. The van der Waals surface area contributed by atoms with Gasteiger partial charge in [0.25, 0.3) is 5.91 Å². The number of aryl methyl sites for hydroxylation is 1. The van der Waals surface area contributed by atoms with Crippen LogP contribution in [0.5, 0.6) is 5.75 Å². The smallest absolute Gasteiger partial charge is 0.355 e. The van der Waals surface area contributed by atoms with Crippen LogP contribution in [0, 0.1) is 13.8 Å². The highest BCUT2D eigenvalue weighted by Gasteiger charge is 2.26. The van der Waals surface area contributed by atoms with E-state index in [1.54, 1.807) is 51.2 Å². The highest BCUT2D eigenvalue weighted by Crippen LogP contribution is 2.21. The molecule has 3 aromatic rings. The summed E-state index contributed by atoms with van der Waals surface area (Å²) in [5.41, 5.74) is 2.95. The molecule has 1 amide bonds. The zero-order valence-corrected chi connectivity index (χ0v) is 19.9. The number of hydrogen-bond acceptors (Lipinski definition) is 6. The molecule has 0 aliphatic heterocycles. The standard InChI is InChI=1S/C26H29N3O5/c1-5-34-26(32)24-17(2)23(18(3)28-24)22(30)16-29(14-12-20-10-6-7-13-27-20)25(31)19-9-8-11-21(15-19)33-4/h6-11,13,15,28H,5,12,14,16H2,1-4H3. The predicted octanol–water partition coefficient (Wildman–Crippen LogP) is 3.78. The van der Waals surface area contributed by atoms with Crippen molar-refractivity contribution in [3.63, 3.8) is 0 Å². The van der Waals surface area contributed by atoms with E-state index in [0.717, 1.165) is 5.69 Å². The predicted molar refractivity (Wildman–Crippen MR) is 127 cm³/mol. The van der Waals surface area contributed by atoms with E-state index in [4.69, 9.17) is 9.47 Å². The van der Waals surface area contributed by atoms with E-state index in [-0.39, 0.29) is 30.5 Å². The Morgan fingerprint density at radius 3 is 2.56 bits per heavy atom. The first-order valence-corrected chi connectivity index (χ1v) is 11.1. The van der Waals surface area contributed by atoms with Gasteiger partial charge in [-0.15, -0.1) is 0 Å². The first-order chi connectivity index (χ1) is 16.3. The summed E-state index contributed by atoms with van der Waals surface area (Å²) in [5, 5.41) is 0. The van der Waals surface area contributed by atoms with E-state index < -0.39 is 5.97 Å². The molecule has 8 nitrogen and oxygen atoms in total. The van der Waals surface area contributed by atoms with Crippen molar-refractivity contribution in [1.29, 1.82) is 0 Å². The minimum Gasteiger partial charge on any atom is -0.497 e. The van der Waals surface area contributed by atoms with Gasteiger partial charge in [-0.05, 0) is 56.7 Å². The molecule has 2 aromatic heterocycles. The molecule has 0 unspecified atom stereocenters. The first-order valence-electron chi connectivity index (χ1n) is 11.1. The van der Waals surface area contributed by atoms with Gasteiger partial charge in [-0.2, -0.15) is 0 Å². The third-order valence-electron chi connectivity index (χ3n) is 5.50. The van der Waals surface area contributed by atoms with Crippen LogP contribution in [-0.2, 0) is 11.2 Å². The molecule has 0 saturated carbocycles. The molecule has 0 aliphatic carbocycles. The van der Waals surface area contributed by atoms with Crippen molar-refractivity contribution in [3.8, 4) is 5.75 Å². The van der Waals surface area contributed by atoms with Crippen molar-refractivity contribution in [2.24, 2.45) is 0 Å². The lowest BCUT2D eigenvalue weighted by atomic mass is 10.0. The van der Waals surface area contributed by atoms with Crippen LogP contribution in [0.2, 0.25) is 0 Å². The molecule has 1 aromatic carbocycles.